The molecule has 0 radical (unpaired) electrons. The number of rotatable bonds is 2. The Balaban J connectivity index is 0.00000456. The van der Waals surface area contributed by atoms with Crippen molar-refractivity contribution in [3.8, 4) is 56.4 Å². The number of para-hydroxylation sites is 3. The summed E-state index contributed by atoms with van der Waals surface area (Å²) in [5, 5.41) is 2.18. The molecule has 318 valence electrons. The predicted octanol–water partition coefficient (Wildman–Crippen LogP) is 12.6. The Morgan fingerprint density at radius 3 is 2.05 bits per heavy atom. The smallest absolute Gasteiger partial charge is 0.510 e. The summed E-state index contributed by atoms with van der Waals surface area (Å²) in [7, 11) is 0. The van der Waals surface area contributed by atoms with Crippen LogP contribution in [0.2, 0.25) is 0 Å². The molecule has 66 heavy (non-hydrogen) atoms. The largest absolute Gasteiger partial charge is 0.525 e. The molecule has 6 nitrogen and oxygen atoms in total. The number of nitrogens with zero attached hydrogens (tertiary/aromatic N) is 5. The molecule has 0 atom stereocenters. The van der Waals surface area contributed by atoms with Crippen LogP contribution >= 0.6 is 0 Å². The summed E-state index contributed by atoms with van der Waals surface area (Å²) < 4.78 is 13.4. The molecule has 8 heteroatoms. The molecule has 2 aliphatic heterocycles. The topological polar surface area (TPSA) is 39.1 Å². The fourth-order valence-corrected chi connectivity index (χ4v) is 10.1. The van der Waals surface area contributed by atoms with Gasteiger partial charge in [0.05, 0.1) is 11.0 Å². The minimum atomic E-state index is -0.506. The van der Waals surface area contributed by atoms with E-state index in [-0.39, 0.29) is 26.5 Å². The van der Waals surface area contributed by atoms with E-state index >= 15 is 0 Å². The first-order valence-electron chi connectivity index (χ1n) is 22.2. The number of ether oxygens (including phenoxy) is 1. The minimum absolute atomic E-state index is 0. The summed E-state index contributed by atoms with van der Waals surface area (Å²) in [6, 6.07) is 74.4. The first-order chi connectivity index (χ1) is 31.9. The summed E-state index contributed by atoms with van der Waals surface area (Å²) >= 11 is 0. The van der Waals surface area contributed by atoms with Gasteiger partial charge in [-0.05, 0) is 68.4 Å². The third-order valence-electron chi connectivity index (χ3n) is 13.1. The molecule has 2 aliphatic rings. The van der Waals surface area contributed by atoms with E-state index < -0.39 is 6.98 Å². The van der Waals surface area contributed by atoms with Crippen molar-refractivity contribution in [2.75, 3.05) is 4.81 Å². The third-order valence-corrected chi connectivity index (χ3v) is 13.1. The van der Waals surface area contributed by atoms with Gasteiger partial charge >= 0.3 is 6.98 Å². The Labute approximate surface area is 398 Å². The molecule has 0 aliphatic carbocycles. The van der Waals surface area contributed by atoms with E-state index in [0.29, 0.717) is 11.5 Å². The SMILES string of the molecule is CC(C)(C)c1cc2nc(c1)-n1c3[c-]c(ccc3c3ccccc31)Oc1[c-]c(ccc1)-n1[c-][n+]3c4c(cccc41)-c1ccccc1-c1ccccc1B3N2c1ccccc1-c1ccccc1.[Pt]. The van der Waals surface area contributed by atoms with Gasteiger partial charge in [0, 0.05) is 54.8 Å². The second-order valence-electron chi connectivity index (χ2n) is 18.0. The second kappa shape index (κ2) is 15.3. The third kappa shape index (κ3) is 6.21. The molecule has 0 saturated heterocycles. The second-order valence-corrected chi connectivity index (χ2v) is 18.0. The van der Waals surface area contributed by atoms with Gasteiger partial charge in [-0.2, -0.15) is 18.2 Å². The molecule has 0 spiro atoms. The van der Waals surface area contributed by atoms with Crippen LogP contribution in [-0.4, -0.2) is 21.1 Å². The van der Waals surface area contributed by atoms with Crippen molar-refractivity contribution >= 4 is 56.8 Å². The first-order valence-corrected chi connectivity index (χ1v) is 22.2. The monoisotopic (exact) mass is 1030 g/mol. The van der Waals surface area contributed by atoms with Gasteiger partial charge in [0.2, 0.25) is 6.33 Å². The number of imidazole rings is 1. The molecule has 8 aromatic carbocycles. The van der Waals surface area contributed by atoms with Crippen molar-refractivity contribution in [1.82, 2.24) is 14.1 Å². The molecule has 11 aromatic rings. The van der Waals surface area contributed by atoms with E-state index in [1.54, 1.807) is 0 Å². The molecule has 0 unspecified atom stereocenters. The van der Waals surface area contributed by atoms with Gasteiger partial charge in [0.15, 0.2) is 0 Å². The van der Waals surface area contributed by atoms with Gasteiger partial charge in [-0.3, -0.25) is 0 Å². The Hall–Kier alpha value is -7.47. The fourth-order valence-electron chi connectivity index (χ4n) is 10.1. The van der Waals surface area contributed by atoms with Crippen LogP contribution in [0.25, 0.3) is 77.7 Å². The summed E-state index contributed by atoms with van der Waals surface area (Å²) in [5.41, 5.74) is 14.5. The van der Waals surface area contributed by atoms with Crippen molar-refractivity contribution in [2.45, 2.75) is 26.2 Å². The maximum Gasteiger partial charge on any atom is 0.525 e. The van der Waals surface area contributed by atoms with Gasteiger partial charge in [0.1, 0.15) is 11.6 Å². The molecule has 0 N–H and O–H groups in total. The van der Waals surface area contributed by atoms with Crippen LogP contribution < -0.4 is 19.5 Å². The molecule has 5 heterocycles. The zero-order valence-electron chi connectivity index (χ0n) is 36.4. The summed E-state index contributed by atoms with van der Waals surface area (Å²) in [4.78, 5) is 8.34. The van der Waals surface area contributed by atoms with Crippen LogP contribution in [0.5, 0.6) is 11.5 Å². The molecule has 0 saturated carbocycles. The summed E-state index contributed by atoms with van der Waals surface area (Å²) in [6.45, 7) is 6.34. The molecule has 3 aromatic heterocycles. The van der Waals surface area contributed by atoms with Crippen LogP contribution in [0, 0.1) is 18.5 Å². The number of fused-ring (bicyclic) bond motifs is 17. The maximum absolute atomic E-state index is 6.70. The Morgan fingerprint density at radius 2 is 1.21 bits per heavy atom. The van der Waals surface area contributed by atoms with Crippen molar-refractivity contribution in [2.24, 2.45) is 0 Å². The fraction of sp³-hybridized carbons (Fsp3) is 0.0690. The average molecular weight is 1030 g/mol. The minimum Gasteiger partial charge on any atom is -0.510 e. The van der Waals surface area contributed by atoms with E-state index in [1.807, 2.05) is 18.2 Å². The summed E-state index contributed by atoms with van der Waals surface area (Å²) in [6.07, 6.45) is 3.98. The van der Waals surface area contributed by atoms with Crippen LogP contribution in [0.3, 0.4) is 0 Å². The first kappa shape index (κ1) is 40.1. The normalized spacial score (nSPS) is 12.7. The molecular formula is C58H40BN5OPt-2. The number of anilines is 2. The van der Waals surface area contributed by atoms with E-state index in [0.717, 1.165) is 100 Å². The molecule has 8 bridgehead atoms. The molecule has 0 amide bonds. The molecule has 0 fully saturated rings. The Bertz CT molecular complexity index is 3720. The van der Waals surface area contributed by atoms with Gasteiger partial charge in [0.25, 0.3) is 0 Å². The number of hydrogen-bond donors (Lipinski definition) is 0. The van der Waals surface area contributed by atoms with E-state index in [9.17, 15) is 0 Å². The number of aromatic nitrogens is 4. The number of hydrogen-bond acceptors (Lipinski definition) is 3. The van der Waals surface area contributed by atoms with Gasteiger partial charge in [-0.1, -0.05) is 165 Å². The van der Waals surface area contributed by atoms with Crippen molar-refractivity contribution < 1.29 is 30.3 Å². The van der Waals surface area contributed by atoms with Crippen molar-refractivity contribution in [3.63, 3.8) is 0 Å². The molecular weight excluding hydrogens is 989 g/mol. The quantitative estimate of drug-likeness (QED) is 0.128. The van der Waals surface area contributed by atoms with Crippen LogP contribution in [0.1, 0.15) is 26.3 Å². The van der Waals surface area contributed by atoms with E-state index in [2.05, 4.69) is 228 Å². The zero-order valence-corrected chi connectivity index (χ0v) is 38.7. The van der Waals surface area contributed by atoms with Gasteiger partial charge in [-0.25, -0.2) is 4.98 Å². The van der Waals surface area contributed by atoms with Gasteiger partial charge in [-0.15, -0.1) is 29.7 Å². The van der Waals surface area contributed by atoms with E-state index in [4.69, 9.17) is 9.72 Å². The van der Waals surface area contributed by atoms with Crippen LogP contribution in [-0.2, 0) is 26.5 Å². The average Bonchev–Trinajstić information content (AvgIpc) is 3.89. The van der Waals surface area contributed by atoms with Crippen molar-refractivity contribution in [3.05, 3.63) is 212 Å². The summed E-state index contributed by atoms with van der Waals surface area (Å²) in [5.74, 6) is 2.75. The van der Waals surface area contributed by atoms with Crippen molar-refractivity contribution in [1.29, 1.82) is 0 Å². The maximum atomic E-state index is 6.70. The van der Waals surface area contributed by atoms with Crippen LogP contribution in [0.15, 0.2) is 188 Å². The molecule has 13 rings (SSSR count). The standard InChI is InChI=1S/C58H40BN5O.Pt/c1-58(2,3)39-33-55-60-56(34-39)64(52-29-14-10-21-43(52)38-17-5-4-6-18-38)59-50-27-12-9-24-46(50)44-22-7-8-23-45(44)49-26-16-30-53-57(49)62(59)37-61(53)40-19-15-20-41(35-40)65-42-31-32-48-47-25-11-13-28-51(47)63(55)54(48)36-42;/h4-34H,1-3H3;/q-2;. The predicted molar refractivity (Wildman–Crippen MR) is 263 cm³/mol. The Kier molecular flexibility index (Phi) is 9.31. The van der Waals surface area contributed by atoms with Gasteiger partial charge < -0.3 is 23.2 Å². The van der Waals surface area contributed by atoms with Crippen LogP contribution in [0.4, 0.5) is 11.5 Å². The van der Waals surface area contributed by atoms with E-state index in [1.165, 1.54) is 0 Å². The number of benzene rings is 8. The Morgan fingerprint density at radius 1 is 0.561 bits per heavy atom. The number of pyridine rings is 1. The zero-order chi connectivity index (χ0) is 43.4.